The quantitative estimate of drug-likeness (QED) is 0.674. The van der Waals surface area contributed by atoms with Gasteiger partial charge in [0, 0.05) is 30.9 Å². The molecule has 0 unspecified atom stereocenters. The Morgan fingerprint density at radius 1 is 1.52 bits per heavy atom. The first-order valence-electron chi connectivity index (χ1n) is 6.19. The number of carboxylic acid groups (broad SMARTS) is 1. The molecule has 0 aliphatic rings. The highest BCUT2D eigenvalue weighted by Gasteiger charge is 2.24. The van der Waals surface area contributed by atoms with Gasteiger partial charge in [-0.25, -0.2) is 14.2 Å². The monoisotopic (exact) mass is 293 g/mol. The number of hydrogen-bond acceptors (Lipinski definition) is 4. The molecule has 1 aromatic heterocycles. The fourth-order valence-corrected chi connectivity index (χ4v) is 2.02. The molecule has 0 radical (unpaired) electrons. The molecular weight excluding hydrogens is 281 g/mol. The summed E-state index contributed by atoms with van der Waals surface area (Å²) >= 11 is 0. The van der Waals surface area contributed by atoms with Crippen molar-refractivity contribution in [3.8, 4) is 5.69 Å². The number of rotatable bonds is 5. The van der Waals surface area contributed by atoms with Crippen LogP contribution >= 0.6 is 0 Å². The molecule has 0 aliphatic heterocycles. The van der Waals surface area contributed by atoms with E-state index in [2.05, 4.69) is 4.98 Å². The second kappa shape index (κ2) is 5.70. The Morgan fingerprint density at radius 3 is 2.81 bits per heavy atom. The third kappa shape index (κ3) is 2.73. The van der Waals surface area contributed by atoms with E-state index in [0.717, 1.165) is 18.6 Å². The van der Waals surface area contributed by atoms with E-state index in [1.54, 1.807) is 0 Å². The predicted molar refractivity (Wildman–Crippen MR) is 71.1 cm³/mol. The number of carboxylic acids is 1. The fraction of sp³-hybridized carbons (Fsp3) is 0.231. The molecule has 0 saturated carbocycles. The van der Waals surface area contributed by atoms with E-state index in [4.69, 9.17) is 5.11 Å². The third-order valence-electron chi connectivity index (χ3n) is 2.94. The molecule has 7 nitrogen and oxygen atoms in total. The molecule has 21 heavy (non-hydrogen) atoms. The molecule has 0 saturated heterocycles. The van der Waals surface area contributed by atoms with Gasteiger partial charge < -0.3 is 5.11 Å². The van der Waals surface area contributed by atoms with E-state index >= 15 is 0 Å². The number of aromatic nitrogens is 2. The lowest BCUT2D eigenvalue weighted by molar-refractivity contribution is -0.384. The van der Waals surface area contributed by atoms with E-state index in [0.29, 0.717) is 12.2 Å². The summed E-state index contributed by atoms with van der Waals surface area (Å²) in [4.78, 5) is 25.3. The number of hydrogen-bond donors (Lipinski definition) is 1. The van der Waals surface area contributed by atoms with Gasteiger partial charge in [-0.1, -0.05) is 6.92 Å². The first-order chi connectivity index (χ1) is 9.95. The van der Waals surface area contributed by atoms with Crippen LogP contribution in [0.2, 0.25) is 0 Å². The SMILES string of the molecule is CCCc1nccn1-c1cc(F)c(C(=O)O)cc1[N+](=O)[O-]. The van der Waals surface area contributed by atoms with Crippen molar-refractivity contribution in [3.05, 3.63) is 51.8 Å². The summed E-state index contributed by atoms with van der Waals surface area (Å²) in [6, 6.07) is 1.57. The number of halogens is 1. The van der Waals surface area contributed by atoms with Gasteiger partial charge in [0.25, 0.3) is 5.69 Å². The van der Waals surface area contributed by atoms with Gasteiger partial charge in [0.2, 0.25) is 0 Å². The van der Waals surface area contributed by atoms with Crippen molar-refractivity contribution in [3.63, 3.8) is 0 Å². The minimum absolute atomic E-state index is 0.0385. The third-order valence-corrected chi connectivity index (χ3v) is 2.94. The Kier molecular flexibility index (Phi) is 3.97. The number of aromatic carboxylic acids is 1. The lowest BCUT2D eigenvalue weighted by Gasteiger charge is -2.09. The smallest absolute Gasteiger partial charge is 0.338 e. The van der Waals surface area contributed by atoms with Crippen molar-refractivity contribution >= 4 is 11.7 Å². The van der Waals surface area contributed by atoms with Crippen molar-refractivity contribution in [2.45, 2.75) is 19.8 Å². The van der Waals surface area contributed by atoms with Crippen molar-refractivity contribution in [2.75, 3.05) is 0 Å². The van der Waals surface area contributed by atoms with E-state index in [1.165, 1.54) is 17.0 Å². The second-order valence-electron chi connectivity index (χ2n) is 4.35. The van der Waals surface area contributed by atoms with Gasteiger partial charge in [-0.05, 0) is 6.42 Å². The molecular formula is C13H12FN3O4. The van der Waals surface area contributed by atoms with Crippen molar-refractivity contribution in [1.82, 2.24) is 9.55 Å². The maximum atomic E-state index is 13.8. The predicted octanol–water partition coefficient (Wildman–Crippen LogP) is 2.57. The summed E-state index contributed by atoms with van der Waals surface area (Å²) in [5.41, 5.74) is -1.25. The molecule has 8 heteroatoms. The lowest BCUT2D eigenvalue weighted by atomic mass is 10.1. The van der Waals surface area contributed by atoms with E-state index in [9.17, 15) is 19.3 Å². The second-order valence-corrected chi connectivity index (χ2v) is 4.35. The number of nitrogens with zero attached hydrogens (tertiary/aromatic N) is 3. The van der Waals surface area contributed by atoms with Crippen LogP contribution in [0.25, 0.3) is 5.69 Å². The summed E-state index contributed by atoms with van der Waals surface area (Å²) < 4.78 is 15.2. The molecule has 1 aromatic carbocycles. The van der Waals surface area contributed by atoms with Crippen LogP contribution in [0.1, 0.15) is 29.5 Å². The van der Waals surface area contributed by atoms with Gasteiger partial charge in [0.15, 0.2) is 0 Å². The lowest BCUT2D eigenvalue weighted by Crippen LogP contribution is -2.08. The van der Waals surface area contributed by atoms with Gasteiger partial charge in [0.05, 0.1) is 4.92 Å². The summed E-state index contributed by atoms with van der Waals surface area (Å²) in [5, 5.41) is 20.0. The van der Waals surface area contributed by atoms with Gasteiger partial charge in [-0.3, -0.25) is 14.7 Å². The summed E-state index contributed by atoms with van der Waals surface area (Å²) in [7, 11) is 0. The minimum atomic E-state index is -1.55. The molecule has 0 amide bonds. The van der Waals surface area contributed by atoms with E-state index in [1.807, 2.05) is 6.92 Å². The Hall–Kier alpha value is -2.77. The van der Waals surface area contributed by atoms with Crippen LogP contribution in [-0.4, -0.2) is 25.6 Å². The molecule has 2 aromatic rings. The maximum Gasteiger partial charge on any atom is 0.338 e. The fourth-order valence-electron chi connectivity index (χ4n) is 2.02. The zero-order valence-electron chi connectivity index (χ0n) is 11.1. The Balaban J connectivity index is 2.67. The van der Waals surface area contributed by atoms with Crippen LogP contribution in [0.3, 0.4) is 0 Å². The largest absolute Gasteiger partial charge is 0.478 e. The highest BCUT2D eigenvalue weighted by Crippen LogP contribution is 2.27. The van der Waals surface area contributed by atoms with Gasteiger partial charge >= 0.3 is 5.97 Å². The molecule has 1 heterocycles. The number of aryl methyl sites for hydroxylation is 1. The molecule has 0 spiro atoms. The molecule has 0 aliphatic carbocycles. The number of carbonyl (C=O) groups is 1. The molecule has 0 atom stereocenters. The number of nitro benzene ring substituents is 1. The molecule has 0 bridgehead atoms. The normalized spacial score (nSPS) is 10.6. The highest BCUT2D eigenvalue weighted by atomic mass is 19.1. The Labute approximate surface area is 118 Å². The van der Waals surface area contributed by atoms with Crippen molar-refractivity contribution in [1.29, 1.82) is 0 Å². The van der Waals surface area contributed by atoms with Crippen LogP contribution in [0, 0.1) is 15.9 Å². The molecule has 110 valence electrons. The zero-order chi connectivity index (χ0) is 15.6. The maximum absolute atomic E-state index is 13.8. The average molecular weight is 293 g/mol. The first kappa shape index (κ1) is 14.6. The van der Waals surface area contributed by atoms with Gasteiger partial charge in [-0.2, -0.15) is 0 Å². The summed E-state index contributed by atoms with van der Waals surface area (Å²) in [6.45, 7) is 1.92. The summed E-state index contributed by atoms with van der Waals surface area (Å²) in [5.74, 6) is -2.04. The first-order valence-corrected chi connectivity index (χ1v) is 6.19. The van der Waals surface area contributed by atoms with Crippen LogP contribution in [-0.2, 0) is 6.42 Å². The van der Waals surface area contributed by atoms with Crippen molar-refractivity contribution < 1.29 is 19.2 Å². The van der Waals surface area contributed by atoms with Crippen LogP contribution in [0.15, 0.2) is 24.5 Å². The zero-order valence-corrected chi connectivity index (χ0v) is 11.1. The van der Waals surface area contributed by atoms with Gasteiger partial charge in [0.1, 0.15) is 22.9 Å². The topological polar surface area (TPSA) is 98.3 Å². The van der Waals surface area contributed by atoms with E-state index < -0.39 is 28.0 Å². The Morgan fingerprint density at radius 2 is 2.24 bits per heavy atom. The number of imidazole rings is 1. The van der Waals surface area contributed by atoms with Gasteiger partial charge in [-0.15, -0.1) is 0 Å². The molecule has 0 fully saturated rings. The highest BCUT2D eigenvalue weighted by molar-refractivity contribution is 5.89. The number of nitro groups is 1. The Bertz CT molecular complexity index is 711. The van der Waals surface area contributed by atoms with Crippen LogP contribution in [0.5, 0.6) is 0 Å². The van der Waals surface area contributed by atoms with Crippen LogP contribution < -0.4 is 0 Å². The molecule has 1 N–H and O–H groups in total. The van der Waals surface area contributed by atoms with E-state index in [-0.39, 0.29) is 5.69 Å². The summed E-state index contributed by atoms with van der Waals surface area (Å²) in [6.07, 6.45) is 4.26. The standard InChI is InChI=1S/C13H12FN3O4/c1-2-3-12-15-4-5-16(12)10-7-9(14)8(13(18)19)6-11(10)17(20)21/h4-7H,2-3H2,1H3,(H,18,19). The number of benzene rings is 1. The van der Waals surface area contributed by atoms with Crippen LogP contribution in [0.4, 0.5) is 10.1 Å². The van der Waals surface area contributed by atoms with Crippen molar-refractivity contribution in [2.24, 2.45) is 0 Å². The average Bonchev–Trinajstić information content (AvgIpc) is 2.86. The minimum Gasteiger partial charge on any atom is -0.478 e. The molecule has 2 rings (SSSR count).